The molecule has 0 spiro atoms. The Morgan fingerprint density at radius 3 is 2.65 bits per heavy atom. The van der Waals surface area contributed by atoms with Crippen molar-refractivity contribution < 1.29 is 19.1 Å². The fraction of sp³-hybridized carbons (Fsp3) is 0.269. The van der Waals surface area contributed by atoms with Crippen LogP contribution in [0.15, 0.2) is 54.6 Å². The van der Waals surface area contributed by atoms with Crippen LogP contribution in [0.3, 0.4) is 0 Å². The van der Waals surface area contributed by atoms with Gasteiger partial charge in [-0.1, -0.05) is 30.3 Å². The van der Waals surface area contributed by atoms with Gasteiger partial charge in [0.05, 0.1) is 24.9 Å². The molecule has 0 radical (unpaired) electrons. The summed E-state index contributed by atoms with van der Waals surface area (Å²) in [5.74, 6) is 0.487. The van der Waals surface area contributed by atoms with Crippen LogP contribution in [0.25, 0.3) is 33.1 Å². The Morgan fingerprint density at radius 2 is 1.88 bits per heavy atom. The first-order valence-corrected chi connectivity index (χ1v) is 12.5. The summed E-state index contributed by atoms with van der Waals surface area (Å²) in [4.78, 5) is 33.7. The van der Waals surface area contributed by atoms with Gasteiger partial charge in [-0.05, 0) is 49.6 Å². The van der Waals surface area contributed by atoms with E-state index in [2.05, 4.69) is 10.3 Å². The number of H-pyrrole nitrogens is 1. The molecule has 1 unspecified atom stereocenters. The van der Waals surface area contributed by atoms with E-state index in [4.69, 9.17) is 14.5 Å². The minimum absolute atomic E-state index is 0.219. The number of esters is 1. The number of para-hydroxylation sites is 2. The van der Waals surface area contributed by atoms with Crippen molar-refractivity contribution in [1.29, 1.82) is 0 Å². The number of nitrogens with one attached hydrogen (secondary N) is 2. The number of rotatable bonds is 9. The van der Waals surface area contributed by atoms with Crippen molar-refractivity contribution in [2.45, 2.75) is 19.4 Å². The van der Waals surface area contributed by atoms with Crippen LogP contribution in [0.1, 0.15) is 23.8 Å². The monoisotopic (exact) mass is 477 g/mol. The maximum Gasteiger partial charge on any atom is 0.328 e. The average Bonchev–Trinajstić information content (AvgIpc) is 3.24. The maximum absolute atomic E-state index is 13.3. The molecule has 1 amide bonds. The summed E-state index contributed by atoms with van der Waals surface area (Å²) < 4.78 is 10.7. The highest BCUT2D eigenvalue weighted by atomic mass is 32.2. The highest BCUT2D eigenvalue weighted by Gasteiger charge is 2.24. The third kappa shape index (κ3) is 4.72. The van der Waals surface area contributed by atoms with Gasteiger partial charge in [0, 0.05) is 21.9 Å². The fourth-order valence-electron chi connectivity index (χ4n) is 3.96. The number of hydrogen-bond acceptors (Lipinski definition) is 6. The average molecular weight is 478 g/mol. The van der Waals surface area contributed by atoms with Gasteiger partial charge in [-0.15, -0.1) is 0 Å². The van der Waals surface area contributed by atoms with E-state index in [-0.39, 0.29) is 5.69 Å². The van der Waals surface area contributed by atoms with Crippen molar-refractivity contribution in [2.24, 2.45) is 0 Å². The molecule has 7 nitrogen and oxygen atoms in total. The number of methoxy groups -OCH3 is 1. The molecule has 0 saturated heterocycles. The van der Waals surface area contributed by atoms with Crippen molar-refractivity contribution in [2.75, 3.05) is 25.7 Å². The number of benzene rings is 2. The summed E-state index contributed by atoms with van der Waals surface area (Å²) in [6, 6.07) is 16.6. The highest BCUT2D eigenvalue weighted by molar-refractivity contribution is 7.98. The van der Waals surface area contributed by atoms with E-state index in [0.29, 0.717) is 30.2 Å². The summed E-state index contributed by atoms with van der Waals surface area (Å²) in [7, 11) is 1.32. The lowest BCUT2D eigenvalue weighted by atomic mass is 10.1. The third-order valence-corrected chi connectivity index (χ3v) is 6.22. The number of fused-ring (bicyclic) bond motifs is 3. The molecule has 0 aliphatic rings. The minimum Gasteiger partial charge on any atom is -0.493 e. The molecule has 2 aromatic heterocycles. The van der Waals surface area contributed by atoms with Gasteiger partial charge in [0.25, 0.3) is 5.91 Å². The molecule has 2 heterocycles. The first-order valence-electron chi connectivity index (χ1n) is 11.1. The number of hydrogen-bond donors (Lipinski definition) is 2. The van der Waals surface area contributed by atoms with Crippen molar-refractivity contribution in [3.05, 3.63) is 60.3 Å². The van der Waals surface area contributed by atoms with Crippen LogP contribution in [-0.4, -0.2) is 53.6 Å². The Hall–Kier alpha value is -3.52. The van der Waals surface area contributed by atoms with Crippen molar-refractivity contribution in [1.82, 2.24) is 15.3 Å². The van der Waals surface area contributed by atoms with Crippen LogP contribution in [0.2, 0.25) is 0 Å². The number of carbonyl (C=O) groups excluding carboxylic acids is 2. The number of thioether (sulfide) groups is 1. The molecule has 0 saturated carbocycles. The van der Waals surface area contributed by atoms with Crippen LogP contribution < -0.4 is 10.1 Å². The van der Waals surface area contributed by atoms with E-state index in [1.165, 1.54) is 7.11 Å². The summed E-state index contributed by atoms with van der Waals surface area (Å²) in [6.45, 7) is 2.43. The molecule has 2 aromatic carbocycles. The molecular formula is C26H27N3O4S. The number of amides is 1. The van der Waals surface area contributed by atoms with E-state index in [1.54, 1.807) is 17.8 Å². The Balaban J connectivity index is 1.86. The second-order valence-electron chi connectivity index (χ2n) is 7.71. The lowest BCUT2D eigenvalue weighted by molar-refractivity contribution is -0.142. The molecule has 0 aliphatic carbocycles. The minimum atomic E-state index is -0.746. The van der Waals surface area contributed by atoms with Crippen LogP contribution in [0.4, 0.5) is 0 Å². The van der Waals surface area contributed by atoms with Gasteiger partial charge < -0.3 is 19.8 Å². The fourth-order valence-corrected chi connectivity index (χ4v) is 4.43. The van der Waals surface area contributed by atoms with Crippen molar-refractivity contribution in [3.63, 3.8) is 0 Å². The van der Waals surface area contributed by atoms with Gasteiger partial charge >= 0.3 is 5.97 Å². The summed E-state index contributed by atoms with van der Waals surface area (Å²) in [5.41, 5.74) is 3.37. The first kappa shape index (κ1) is 23.6. The zero-order chi connectivity index (χ0) is 24.1. The normalized spacial score (nSPS) is 12.0. The van der Waals surface area contributed by atoms with Crippen LogP contribution >= 0.6 is 11.8 Å². The zero-order valence-corrected chi connectivity index (χ0v) is 20.2. The number of nitrogens with zero attached hydrogens (tertiary/aromatic N) is 1. The van der Waals surface area contributed by atoms with Crippen LogP contribution in [0, 0.1) is 0 Å². The quantitative estimate of drug-likeness (QED) is 0.336. The highest BCUT2D eigenvalue weighted by Crippen LogP contribution is 2.36. The molecule has 8 heteroatoms. The van der Waals surface area contributed by atoms with Gasteiger partial charge in [-0.2, -0.15) is 11.8 Å². The van der Waals surface area contributed by atoms with Gasteiger partial charge in [0.2, 0.25) is 0 Å². The Kier molecular flexibility index (Phi) is 7.37. The molecule has 2 N–H and O–H groups in total. The topological polar surface area (TPSA) is 93.3 Å². The third-order valence-electron chi connectivity index (χ3n) is 5.57. The molecule has 0 fully saturated rings. The van der Waals surface area contributed by atoms with Crippen molar-refractivity contribution >= 4 is 45.4 Å². The SMILES string of the molecule is CCOc1ccccc1-c1nc(C(=O)NC(CCSC)C(=O)OC)cc2c1[nH]c1ccccc12. The molecule has 0 aliphatic heterocycles. The predicted octanol–water partition coefficient (Wildman–Crippen LogP) is 4.81. The molecule has 176 valence electrons. The molecule has 0 bridgehead atoms. The molecule has 1 atom stereocenters. The Bertz CT molecular complexity index is 1330. The van der Waals surface area contributed by atoms with Gasteiger partial charge in [-0.3, -0.25) is 4.79 Å². The Labute approximate surface area is 202 Å². The van der Waals surface area contributed by atoms with Gasteiger partial charge in [0.1, 0.15) is 17.5 Å². The van der Waals surface area contributed by atoms with E-state index in [9.17, 15) is 9.59 Å². The lowest BCUT2D eigenvalue weighted by Crippen LogP contribution is -2.42. The van der Waals surface area contributed by atoms with Gasteiger partial charge in [-0.25, -0.2) is 9.78 Å². The summed E-state index contributed by atoms with van der Waals surface area (Å²) in [5, 5.41) is 4.66. The number of carbonyl (C=O) groups is 2. The zero-order valence-electron chi connectivity index (χ0n) is 19.4. The number of pyridine rings is 1. The van der Waals surface area contributed by atoms with Crippen molar-refractivity contribution in [3.8, 4) is 17.0 Å². The smallest absolute Gasteiger partial charge is 0.328 e. The van der Waals surface area contributed by atoms with E-state index < -0.39 is 17.9 Å². The van der Waals surface area contributed by atoms with Crippen LogP contribution in [0.5, 0.6) is 5.75 Å². The molecule has 4 rings (SSSR count). The first-order chi connectivity index (χ1) is 16.6. The molecule has 4 aromatic rings. The van der Waals surface area contributed by atoms with E-state index in [0.717, 1.165) is 27.4 Å². The predicted molar refractivity (Wildman–Crippen MR) is 136 cm³/mol. The maximum atomic E-state index is 13.3. The molecular weight excluding hydrogens is 450 g/mol. The lowest BCUT2D eigenvalue weighted by Gasteiger charge is -2.16. The number of ether oxygens (including phenoxy) is 2. The molecule has 34 heavy (non-hydrogen) atoms. The largest absolute Gasteiger partial charge is 0.493 e. The second-order valence-corrected chi connectivity index (χ2v) is 8.69. The number of aromatic amines is 1. The summed E-state index contributed by atoms with van der Waals surface area (Å²) >= 11 is 1.60. The second kappa shape index (κ2) is 10.6. The Morgan fingerprint density at radius 1 is 1.12 bits per heavy atom. The standard InChI is InChI=1S/C26H27N3O4S/c1-4-33-22-12-8-6-10-17(22)23-24-18(16-9-5-7-11-19(16)27-24)15-21(28-23)25(30)29-20(13-14-34-3)26(31)32-2/h5-12,15,20,27H,4,13-14H2,1-3H3,(H,29,30). The van der Waals surface area contributed by atoms with Gasteiger partial charge in [0.15, 0.2) is 0 Å². The summed E-state index contributed by atoms with van der Waals surface area (Å²) in [6.07, 6.45) is 2.42. The van der Waals surface area contributed by atoms with E-state index >= 15 is 0 Å². The van der Waals surface area contributed by atoms with Crippen LogP contribution in [-0.2, 0) is 9.53 Å². The van der Waals surface area contributed by atoms with E-state index in [1.807, 2.05) is 61.7 Å². The number of aromatic nitrogens is 2.